The van der Waals surface area contributed by atoms with Crippen LogP contribution in [0.1, 0.15) is 11.1 Å². The molecule has 0 atom stereocenters. The molecule has 176 valence electrons. The van der Waals surface area contributed by atoms with Crippen molar-refractivity contribution in [2.24, 2.45) is 0 Å². The Kier molecular flexibility index (Phi) is 7.49. The number of hydrogen-bond donors (Lipinski definition) is 1. The number of methoxy groups -OCH3 is 1. The molecule has 0 fully saturated rings. The first-order valence-corrected chi connectivity index (χ1v) is 11.4. The Labute approximate surface area is 205 Å². The summed E-state index contributed by atoms with van der Waals surface area (Å²) >= 11 is 1.27. The summed E-state index contributed by atoms with van der Waals surface area (Å²) < 4.78 is 11.3. The number of aromatic nitrogens is 1. The maximum absolute atomic E-state index is 12.4. The number of nitrogens with zero attached hydrogens (tertiary/aromatic N) is 2. The van der Waals surface area contributed by atoms with Gasteiger partial charge < -0.3 is 9.47 Å². The van der Waals surface area contributed by atoms with Gasteiger partial charge in [-0.2, -0.15) is 0 Å². The summed E-state index contributed by atoms with van der Waals surface area (Å²) in [5, 5.41) is 15.7. The second-order valence-electron chi connectivity index (χ2n) is 7.35. The van der Waals surface area contributed by atoms with Crippen molar-refractivity contribution >= 4 is 34.1 Å². The van der Waals surface area contributed by atoms with Gasteiger partial charge in [0.2, 0.25) is 5.91 Å². The molecule has 1 aromatic heterocycles. The smallest absolute Gasteiger partial charge is 0.269 e. The van der Waals surface area contributed by atoms with Gasteiger partial charge in [0.15, 0.2) is 16.6 Å². The summed E-state index contributed by atoms with van der Waals surface area (Å²) in [5.74, 6) is 0.841. The molecule has 9 heteroatoms. The van der Waals surface area contributed by atoms with Gasteiger partial charge in [0.05, 0.1) is 17.7 Å². The van der Waals surface area contributed by atoms with E-state index in [2.05, 4.69) is 10.3 Å². The number of benzene rings is 3. The quantitative estimate of drug-likeness (QED) is 0.178. The molecule has 0 aliphatic rings. The molecular formula is C26H21N3O5S. The Hall–Kier alpha value is -4.50. The van der Waals surface area contributed by atoms with Gasteiger partial charge in [-0.05, 0) is 41.5 Å². The fourth-order valence-corrected chi connectivity index (χ4v) is 3.90. The van der Waals surface area contributed by atoms with Gasteiger partial charge in [0, 0.05) is 29.2 Å². The molecule has 0 aliphatic heterocycles. The molecule has 8 nitrogen and oxygen atoms in total. The van der Waals surface area contributed by atoms with Crippen LogP contribution in [0.4, 0.5) is 10.8 Å². The molecule has 1 N–H and O–H groups in total. The molecule has 35 heavy (non-hydrogen) atoms. The Bertz CT molecular complexity index is 1350. The van der Waals surface area contributed by atoms with Gasteiger partial charge in [-0.3, -0.25) is 20.2 Å². The molecule has 1 heterocycles. The number of rotatable bonds is 9. The number of hydrogen-bond acceptors (Lipinski definition) is 7. The lowest BCUT2D eigenvalue weighted by Gasteiger charge is -2.11. The molecule has 0 saturated heterocycles. The van der Waals surface area contributed by atoms with Gasteiger partial charge in [-0.25, -0.2) is 4.98 Å². The maximum atomic E-state index is 12.4. The third-order valence-corrected chi connectivity index (χ3v) is 5.72. The first-order valence-electron chi connectivity index (χ1n) is 10.6. The zero-order chi connectivity index (χ0) is 24.6. The first-order chi connectivity index (χ1) is 17.0. The predicted molar refractivity (Wildman–Crippen MR) is 136 cm³/mol. The van der Waals surface area contributed by atoms with Crippen LogP contribution in [0, 0.1) is 10.1 Å². The highest BCUT2D eigenvalue weighted by atomic mass is 32.1. The van der Waals surface area contributed by atoms with Gasteiger partial charge in [-0.1, -0.05) is 36.4 Å². The normalized spacial score (nSPS) is 10.8. The number of anilines is 1. The minimum atomic E-state index is -0.455. The van der Waals surface area contributed by atoms with Crippen LogP contribution in [0.3, 0.4) is 0 Å². The van der Waals surface area contributed by atoms with E-state index < -0.39 is 4.92 Å². The van der Waals surface area contributed by atoms with E-state index in [-0.39, 0.29) is 11.6 Å². The van der Waals surface area contributed by atoms with Crippen molar-refractivity contribution in [2.75, 3.05) is 12.4 Å². The van der Waals surface area contributed by atoms with Crippen LogP contribution in [-0.4, -0.2) is 22.9 Å². The van der Waals surface area contributed by atoms with Gasteiger partial charge in [0.25, 0.3) is 5.69 Å². The van der Waals surface area contributed by atoms with E-state index in [1.54, 1.807) is 42.8 Å². The SMILES string of the molecule is COc1cc(/C=C/C(=O)Nc2nc(-c3ccc([N+](=O)[O-])cc3)cs2)ccc1OCc1ccccc1. The highest BCUT2D eigenvalue weighted by molar-refractivity contribution is 7.14. The third-order valence-electron chi connectivity index (χ3n) is 4.96. The number of nitro benzene ring substituents is 1. The van der Waals surface area contributed by atoms with Gasteiger partial charge in [0.1, 0.15) is 6.61 Å². The van der Waals surface area contributed by atoms with Crippen LogP contribution in [0.15, 0.2) is 84.3 Å². The molecule has 0 bridgehead atoms. The van der Waals surface area contributed by atoms with E-state index in [0.717, 1.165) is 16.7 Å². The average Bonchev–Trinajstić information content (AvgIpc) is 3.35. The lowest BCUT2D eigenvalue weighted by atomic mass is 10.1. The predicted octanol–water partition coefficient (Wildman–Crippen LogP) is 5.96. The second kappa shape index (κ2) is 11.1. The number of non-ortho nitro benzene ring substituents is 1. The fraction of sp³-hybridized carbons (Fsp3) is 0.0769. The Morgan fingerprint density at radius 2 is 1.86 bits per heavy atom. The van der Waals surface area contributed by atoms with Crippen LogP contribution >= 0.6 is 11.3 Å². The Morgan fingerprint density at radius 1 is 1.09 bits per heavy atom. The van der Waals surface area contributed by atoms with Gasteiger partial charge in [-0.15, -0.1) is 11.3 Å². The molecular weight excluding hydrogens is 466 g/mol. The lowest BCUT2D eigenvalue weighted by molar-refractivity contribution is -0.384. The molecule has 0 unspecified atom stereocenters. The standard InChI is InChI=1S/C26H21N3O5S/c1-33-24-15-18(7-13-23(24)34-16-19-5-3-2-4-6-19)8-14-25(30)28-26-27-22(17-35-26)20-9-11-21(12-10-20)29(31)32/h2-15,17H,16H2,1H3,(H,27,28,30)/b14-8+. The number of nitrogens with one attached hydrogen (secondary N) is 1. The third kappa shape index (κ3) is 6.30. The maximum Gasteiger partial charge on any atom is 0.269 e. The fourth-order valence-electron chi connectivity index (χ4n) is 3.18. The summed E-state index contributed by atoms with van der Waals surface area (Å²) in [7, 11) is 1.57. The number of ether oxygens (including phenoxy) is 2. The van der Waals surface area contributed by atoms with Gasteiger partial charge >= 0.3 is 0 Å². The minimum absolute atomic E-state index is 0.00932. The molecule has 4 aromatic rings. The molecule has 0 aliphatic carbocycles. The second-order valence-corrected chi connectivity index (χ2v) is 8.21. The van der Waals surface area contributed by atoms with E-state index in [1.165, 1.54) is 29.5 Å². The van der Waals surface area contributed by atoms with Crippen molar-refractivity contribution in [2.45, 2.75) is 6.61 Å². The topological polar surface area (TPSA) is 104 Å². The molecule has 1 amide bonds. The van der Waals surface area contributed by atoms with E-state index in [1.807, 2.05) is 36.4 Å². The molecule has 4 rings (SSSR count). The first kappa shape index (κ1) is 23.7. The van der Waals surface area contributed by atoms with Crippen molar-refractivity contribution in [1.29, 1.82) is 0 Å². The van der Waals surface area contributed by atoms with E-state index >= 15 is 0 Å². The number of thiazole rings is 1. The zero-order valence-corrected chi connectivity index (χ0v) is 19.5. The molecule has 0 saturated carbocycles. The molecule has 0 radical (unpaired) electrons. The Morgan fingerprint density at radius 3 is 2.57 bits per heavy atom. The van der Waals surface area contributed by atoms with Crippen LogP contribution < -0.4 is 14.8 Å². The molecule has 3 aromatic carbocycles. The summed E-state index contributed by atoms with van der Waals surface area (Å²) in [4.78, 5) is 27.1. The number of carbonyl (C=O) groups is 1. The Balaban J connectivity index is 1.36. The lowest BCUT2D eigenvalue weighted by Crippen LogP contribution is -2.07. The molecule has 0 spiro atoms. The van der Waals surface area contributed by atoms with E-state index in [4.69, 9.17) is 9.47 Å². The highest BCUT2D eigenvalue weighted by Gasteiger charge is 2.10. The number of amides is 1. The highest BCUT2D eigenvalue weighted by Crippen LogP contribution is 2.30. The van der Waals surface area contributed by atoms with Crippen molar-refractivity contribution in [1.82, 2.24) is 4.98 Å². The number of carbonyl (C=O) groups excluding carboxylic acids is 1. The van der Waals surface area contributed by atoms with E-state index in [9.17, 15) is 14.9 Å². The van der Waals surface area contributed by atoms with Crippen LogP contribution in [0.5, 0.6) is 11.5 Å². The summed E-state index contributed by atoms with van der Waals surface area (Å²) in [6, 6.07) is 21.4. The summed E-state index contributed by atoms with van der Waals surface area (Å²) in [6.45, 7) is 0.421. The van der Waals surface area contributed by atoms with Crippen LogP contribution in [0.2, 0.25) is 0 Å². The minimum Gasteiger partial charge on any atom is -0.493 e. The van der Waals surface area contributed by atoms with Crippen LogP contribution in [0.25, 0.3) is 17.3 Å². The van der Waals surface area contributed by atoms with E-state index in [0.29, 0.717) is 28.9 Å². The van der Waals surface area contributed by atoms with Crippen molar-refractivity contribution in [3.8, 4) is 22.8 Å². The largest absolute Gasteiger partial charge is 0.493 e. The average molecular weight is 488 g/mol. The van der Waals surface area contributed by atoms with Crippen molar-refractivity contribution in [3.05, 3.63) is 105 Å². The summed E-state index contributed by atoms with van der Waals surface area (Å²) in [5.41, 5.74) is 3.18. The number of nitro groups is 1. The van der Waals surface area contributed by atoms with Crippen LogP contribution in [-0.2, 0) is 11.4 Å². The zero-order valence-electron chi connectivity index (χ0n) is 18.7. The monoisotopic (exact) mass is 487 g/mol. The van der Waals surface area contributed by atoms with Crippen molar-refractivity contribution < 1.29 is 19.2 Å². The van der Waals surface area contributed by atoms with Crippen molar-refractivity contribution in [3.63, 3.8) is 0 Å². The summed E-state index contributed by atoms with van der Waals surface area (Å²) in [6.07, 6.45) is 3.08.